The van der Waals surface area contributed by atoms with Crippen molar-refractivity contribution in [3.8, 4) is 17.3 Å². The molecule has 2 heterocycles. The topological polar surface area (TPSA) is 110 Å². The van der Waals surface area contributed by atoms with Gasteiger partial charge in [-0.25, -0.2) is 19.3 Å². The maximum atomic E-state index is 12.2. The van der Waals surface area contributed by atoms with Crippen LogP contribution >= 0.6 is 22.9 Å². The van der Waals surface area contributed by atoms with E-state index < -0.39 is 17.1 Å². The molecular formula is C20H15ClN4O4S. The molecule has 0 aliphatic rings. The minimum atomic E-state index is -0.791. The van der Waals surface area contributed by atoms with Crippen LogP contribution in [-0.4, -0.2) is 32.5 Å². The summed E-state index contributed by atoms with van der Waals surface area (Å²) in [5.74, 6) is 0.182. The third-order valence-corrected chi connectivity index (χ3v) is 5.31. The van der Waals surface area contributed by atoms with Gasteiger partial charge in [-0.1, -0.05) is 29.0 Å². The molecule has 2 N–H and O–H groups in total. The zero-order chi connectivity index (χ0) is 21.3. The van der Waals surface area contributed by atoms with E-state index in [4.69, 9.17) is 16.3 Å². The summed E-state index contributed by atoms with van der Waals surface area (Å²) in [4.78, 5) is 35.3. The van der Waals surface area contributed by atoms with Crippen LogP contribution in [0.2, 0.25) is 5.02 Å². The van der Waals surface area contributed by atoms with Gasteiger partial charge in [0.25, 0.3) is 5.56 Å². The first-order valence-corrected chi connectivity index (χ1v) is 10.1. The maximum Gasteiger partial charge on any atom is 0.335 e. The summed E-state index contributed by atoms with van der Waals surface area (Å²) < 4.78 is 7.30. The van der Waals surface area contributed by atoms with E-state index in [1.807, 2.05) is 25.1 Å². The highest BCUT2D eigenvalue weighted by molar-refractivity contribution is 7.22. The summed E-state index contributed by atoms with van der Waals surface area (Å²) in [6, 6.07) is 11.8. The van der Waals surface area contributed by atoms with Crippen LogP contribution in [0.3, 0.4) is 0 Å². The van der Waals surface area contributed by atoms with E-state index >= 15 is 0 Å². The van der Waals surface area contributed by atoms with Crippen molar-refractivity contribution in [2.24, 2.45) is 4.99 Å². The summed E-state index contributed by atoms with van der Waals surface area (Å²) >= 11 is 7.28. The summed E-state index contributed by atoms with van der Waals surface area (Å²) in [5, 5.41) is 11.3. The van der Waals surface area contributed by atoms with Crippen molar-refractivity contribution in [2.75, 3.05) is 6.61 Å². The molecule has 0 fully saturated rings. The molecule has 2 aromatic heterocycles. The Bertz CT molecular complexity index is 1390. The second kappa shape index (κ2) is 8.13. The van der Waals surface area contributed by atoms with Gasteiger partial charge in [0.2, 0.25) is 11.0 Å². The van der Waals surface area contributed by atoms with E-state index in [2.05, 4.69) is 15.0 Å². The Kier molecular flexibility index (Phi) is 5.39. The lowest BCUT2D eigenvalue weighted by atomic mass is 10.3. The predicted molar refractivity (Wildman–Crippen MR) is 117 cm³/mol. The van der Waals surface area contributed by atoms with Gasteiger partial charge < -0.3 is 9.84 Å². The highest BCUT2D eigenvalue weighted by Gasteiger charge is 2.15. The van der Waals surface area contributed by atoms with Gasteiger partial charge >= 0.3 is 5.69 Å². The van der Waals surface area contributed by atoms with Crippen molar-refractivity contribution in [1.29, 1.82) is 0 Å². The molecule has 0 saturated heterocycles. The van der Waals surface area contributed by atoms with Gasteiger partial charge in [-0.2, -0.15) is 0 Å². The van der Waals surface area contributed by atoms with Crippen LogP contribution in [0.15, 0.2) is 57.0 Å². The van der Waals surface area contributed by atoms with Gasteiger partial charge in [-0.15, -0.1) is 0 Å². The minimum Gasteiger partial charge on any atom is -0.494 e. The van der Waals surface area contributed by atoms with Crippen LogP contribution in [0.1, 0.15) is 12.5 Å². The first kappa shape index (κ1) is 19.9. The second-order valence-electron chi connectivity index (χ2n) is 6.13. The molecule has 0 spiro atoms. The Hall–Kier alpha value is -3.43. The number of ether oxygens (including phenoxy) is 1. The largest absolute Gasteiger partial charge is 0.494 e. The number of benzene rings is 2. The monoisotopic (exact) mass is 442 g/mol. The van der Waals surface area contributed by atoms with Gasteiger partial charge in [0.1, 0.15) is 11.3 Å². The summed E-state index contributed by atoms with van der Waals surface area (Å²) in [6.07, 6.45) is 1.18. The highest BCUT2D eigenvalue weighted by Crippen LogP contribution is 2.31. The highest BCUT2D eigenvalue weighted by atomic mass is 35.5. The molecule has 0 unspecified atom stereocenters. The molecule has 0 aliphatic heterocycles. The molecule has 152 valence electrons. The average Bonchev–Trinajstić information content (AvgIpc) is 3.10. The fourth-order valence-electron chi connectivity index (χ4n) is 2.83. The van der Waals surface area contributed by atoms with Crippen molar-refractivity contribution in [2.45, 2.75) is 6.92 Å². The number of halogens is 1. The first-order valence-electron chi connectivity index (χ1n) is 8.88. The van der Waals surface area contributed by atoms with Gasteiger partial charge in [-0.3, -0.25) is 9.78 Å². The number of aromatic hydroxyl groups is 1. The van der Waals surface area contributed by atoms with E-state index in [-0.39, 0.29) is 5.56 Å². The summed E-state index contributed by atoms with van der Waals surface area (Å²) in [7, 11) is 0. The lowest BCUT2D eigenvalue weighted by Gasteiger charge is -2.09. The van der Waals surface area contributed by atoms with Crippen LogP contribution in [0.5, 0.6) is 11.6 Å². The number of H-pyrrole nitrogens is 1. The maximum absolute atomic E-state index is 12.2. The molecule has 0 saturated carbocycles. The van der Waals surface area contributed by atoms with E-state index in [1.165, 1.54) is 23.6 Å². The van der Waals surface area contributed by atoms with Crippen LogP contribution in [0, 0.1) is 0 Å². The SMILES string of the molecule is CCOc1ccc2nc(/N=C/c3c(O)n(-c4cccc(Cl)c4)c(=O)[nH]c3=O)sc2c1. The lowest BCUT2D eigenvalue weighted by Crippen LogP contribution is -2.31. The molecule has 0 bridgehead atoms. The zero-order valence-corrected chi connectivity index (χ0v) is 17.2. The zero-order valence-electron chi connectivity index (χ0n) is 15.6. The normalized spacial score (nSPS) is 11.4. The number of nitrogens with one attached hydrogen (secondary N) is 1. The van der Waals surface area contributed by atoms with Gasteiger partial charge in [0, 0.05) is 11.2 Å². The number of hydrogen-bond acceptors (Lipinski definition) is 7. The Morgan fingerprint density at radius 3 is 2.90 bits per heavy atom. The molecule has 4 aromatic rings. The van der Waals surface area contributed by atoms with Crippen LogP contribution in [0.4, 0.5) is 5.13 Å². The van der Waals surface area contributed by atoms with Crippen molar-refractivity contribution < 1.29 is 9.84 Å². The fourth-order valence-corrected chi connectivity index (χ4v) is 3.86. The van der Waals surface area contributed by atoms with Crippen molar-refractivity contribution in [3.05, 3.63) is 73.9 Å². The van der Waals surface area contributed by atoms with Crippen LogP contribution < -0.4 is 16.0 Å². The third-order valence-electron chi connectivity index (χ3n) is 4.15. The van der Waals surface area contributed by atoms with Crippen molar-refractivity contribution >= 4 is 44.5 Å². The number of hydrogen-bond donors (Lipinski definition) is 2. The van der Waals surface area contributed by atoms with Crippen molar-refractivity contribution in [3.63, 3.8) is 0 Å². The Morgan fingerprint density at radius 2 is 2.13 bits per heavy atom. The summed E-state index contributed by atoms with van der Waals surface area (Å²) in [5.41, 5.74) is -0.694. The molecule has 0 radical (unpaired) electrons. The number of aromatic nitrogens is 3. The van der Waals surface area contributed by atoms with Crippen molar-refractivity contribution in [1.82, 2.24) is 14.5 Å². The Balaban J connectivity index is 1.75. The number of fused-ring (bicyclic) bond motifs is 1. The second-order valence-corrected chi connectivity index (χ2v) is 7.57. The molecule has 0 aliphatic carbocycles. The van der Waals surface area contributed by atoms with Gasteiger partial charge in [0.15, 0.2) is 0 Å². The van der Waals surface area contributed by atoms with Crippen LogP contribution in [0.25, 0.3) is 15.9 Å². The third kappa shape index (κ3) is 3.85. The van der Waals surface area contributed by atoms with E-state index in [9.17, 15) is 14.7 Å². The quantitative estimate of drug-likeness (QED) is 0.458. The number of aromatic amines is 1. The number of thiazole rings is 1. The van der Waals surface area contributed by atoms with Gasteiger partial charge in [-0.05, 0) is 43.3 Å². The van der Waals surface area contributed by atoms with E-state index in [0.29, 0.717) is 22.4 Å². The first-order chi connectivity index (χ1) is 14.5. The molecule has 0 amide bonds. The molecule has 0 atom stereocenters. The van der Waals surface area contributed by atoms with E-state index in [1.54, 1.807) is 18.2 Å². The Morgan fingerprint density at radius 1 is 1.30 bits per heavy atom. The fraction of sp³-hybridized carbons (Fsp3) is 0.100. The standard InChI is InChI=1S/C20H15ClN4O4S/c1-2-29-13-6-7-15-16(9-13)30-19(23-15)22-10-14-17(26)24-20(28)25(18(14)27)12-5-3-4-11(21)8-12/h3-10,27H,2H2,1H3,(H,24,26,28)/b22-10+. The molecular weight excluding hydrogens is 428 g/mol. The average molecular weight is 443 g/mol. The molecule has 4 rings (SSSR count). The minimum absolute atomic E-state index is 0.177. The van der Waals surface area contributed by atoms with Crippen LogP contribution in [-0.2, 0) is 0 Å². The van der Waals surface area contributed by atoms with E-state index in [0.717, 1.165) is 20.5 Å². The smallest absolute Gasteiger partial charge is 0.335 e. The molecule has 8 nitrogen and oxygen atoms in total. The summed E-state index contributed by atoms with van der Waals surface area (Å²) in [6.45, 7) is 2.46. The Labute approximate surface area is 178 Å². The van der Waals surface area contributed by atoms with Gasteiger partial charge in [0.05, 0.1) is 22.5 Å². The number of rotatable bonds is 5. The predicted octanol–water partition coefficient (Wildman–Crippen LogP) is 3.64. The molecule has 30 heavy (non-hydrogen) atoms. The number of aliphatic imine (C=N–C) groups is 1. The molecule has 10 heteroatoms. The number of nitrogens with zero attached hydrogens (tertiary/aromatic N) is 3. The molecule has 2 aromatic carbocycles. The lowest BCUT2D eigenvalue weighted by molar-refractivity contribution is 0.341.